The van der Waals surface area contributed by atoms with Crippen molar-refractivity contribution in [2.24, 2.45) is 0 Å². The standard InChI is InChI=1S/C18H18N4O2S2/c1-8-9(2)25-17-14(8)16(23)21-15(22-17)10(3)26-18-19-12-6-5-11(24-4)7-13(12)20-18/h5-7,10H,1-4H3,(H,19,20)(H,21,22,23). The van der Waals surface area contributed by atoms with Crippen molar-refractivity contribution in [1.82, 2.24) is 19.9 Å². The number of hydrogen-bond donors (Lipinski definition) is 2. The zero-order chi connectivity index (χ0) is 18.4. The Morgan fingerprint density at radius 1 is 1.23 bits per heavy atom. The molecule has 0 radical (unpaired) electrons. The molecule has 134 valence electrons. The number of methoxy groups -OCH3 is 1. The number of nitrogens with one attached hydrogen (secondary N) is 2. The number of nitrogens with zero attached hydrogens (tertiary/aromatic N) is 2. The summed E-state index contributed by atoms with van der Waals surface area (Å²) in [7, 11) is 1.64. The molecule has 3 heterocycles. The minimum atomic E-state index is -0.0753. The van der Waals surface area contributed by atoms with Crippen LogP contribution in [0, 0.1) is 13.8 Å². The van der Waals surface area contributed by atoms with Crippen LogP contribution in [0.15, 0.2) is 28.2 Å². The van der Waals surface area contributed by atoms with E-state index in [0.29, 0.717) is 11.2 Å². The molecule has 0 saturated heterocycles. The average Bonchev–Trinajstić information content (AvgIpc) is 3.14. The minimum absolute atomic E-state index is 0.0442. The van der Waals surface area contributed by atoms with Crippen LogP contribution in [-0.2, 0) is 0 Å². The Balaban J connectivity index is 1.66. The van der Waals surface area contributed by atoms with Crippen molar-refractivity contribution in [2.75, 3.05) is 7.11 Å². The molecule has 0 saturated carbocycles. The highest BCUT2D eigenvalue weighted by atomic mass is 32.2. The lowest BCUT2D eigenvalue weighted by molar-refractivity contribution is 0.415. The van der Waals surface area contributed by atoms with Crippen molar-refractivity contribution in [1.29, 1.82) is 0 Å². The number of benzene rings is 1. The van der Waals surface area contributed by atoms with Crippen molar-refractivity contribution < 1.29 is 4.74 Å². The van der Waals surface area contributed by atoms with E-state index in [0.717, 1.165) is 37.2 Å². The van der Waals surface area contributed by atoms with Gasteiger partial charge in [0.15, 0.2) is 5.16 Å². The lowest BCUT2D eigenvalue weighted by Gasteiger charge is -2.08. The van der Waals surface area contributed by atoms with Crippen LogP contribution >= 0.6 is 23.1 Å². The third-order valence-corrected chi connectivity index (χ3v) is 6.49. The van der Waals surface area contributed by atoms with Gasteiger partial charge in [0.05, 0.1) is 28.8 Å². The first kappa shape index (κ1) is 17.1. The molecule has 26 heavy (non-hydrogen) atoms. The van der Waals surface area contributed by atoms with E-state index in [-0.39, 0.29) is 10.8 Å². The lowest BCUT2D eigenvalue weighted by Crippen LogP contribution is -2.12. The average molecular weight is 387 g/mol. The number of fused-ring (bicyclic) bond motifs is 2. The molecule has 0 spiro atoms. The van der Waals surface area contributed by atoms with E-state index in [1.165, 1.54) is 11.8 Å². The van der Waals surface area contributed by atoms with Crippen LogP contribution in [-0.4, -0.2) is 27.0 Å². The Morgan fingerprint density at radius 2 is 2.04 bits per heavy atom. The second-order valence-corrected chi connectivity index (χ2v) is 8.63. The fraction of sp³-hybridized carbons (Fsp3) is 0.278. The molecule has 1 unspecified atom stereocenters. The topological polar surface area (TPSA) is 83.7 Å². The second kappa shape index (κ2) is 6.44. The van der Waals surface area contributed by atoms with Crippen molar-refractivity contribution in [3.8, 4) is 5.75 Å². The highest BCUT2D eigenvalue weighted by Gasteiger charge is 2.17. The zero-order valence-electron chi connectivity index (χ0n) is 14.8. The van der Waals surface area contributed by atoms with E-state index < -0.39 is 0 Å². The number of hydrogen-bond acceptors (Lipinski definition) is 6. The van der Waals surface area contributed by atoms with Gasteiger partial charge in [0.25, 0.3) is 5.56 Å². The molecule has 6 nitrogen and oxygen atoms in total. The number of thiophene rings is 1. The van der Waals surface area contributed by atoms with Crippen LogP contribution in [0.5, 0.6) is 5.75 Å². The first-order chi connectivity index (χ1) is 12.5. The number of ether oxygens (including phenoxy) is 1. The van der Waals surface area contributed by atoms with E-state index in [2.05, 4.69) is 19.9 Å². The van der Waals surface area contributed by atoms with Gasteiger partial charge < -0.3 is 14.7 Å². The van der Waals surface area contributed by atoms with Gasteiger partial charge in [0.1, 0.15) is 16.4 Å². The third kappa shape index (κ3) is 2.89. The summed E-state index contributed by atoms with van der Waals surface area (Å²) in [4.78, 5) is 29.9. The summed E-state index contributed by atoms with van der Waals surface area (Å²) in [5.41, 5.74) is 2.73. The summed E-state index contributed by atoms with van der Waals surface area (Å²) in [6.45, 7) is 5.99. The summed E-state index contributed by atoms with van der Waals surface area (Å²) in [6.07, 6.45) is 0. The van der Waals surface area contributed by atoms with Crippen molar-refractivity contribution >= 4 is 44.3 Å². The molecule has 3 aromatic heterocycles. The van der Waals surface area contributed by atoms with E-state index in [9.17, 15) is 4.79 Å². The maximum Gasteiger partial charge on any atom is 0.259 e. The van der Waals surface area contributed by atoms with Gasteiger partial charge in [-0.05, 0) is 38.5 Å². The van der Waals surface area contributed by atoms with E-state index in [1.807, 2.05) is 39.0 Å². The van der Waals surface area contributed by atoms with Gasteiger partial charge >= 0.3 is 0 Å². The molecular weight excluding hydrogens is 368 g/mol. The van der Waals surface area contributed by atoms with Crippen LogP contribution in [0.3, 0.4) is 0 Å². The van der Waals surface area contributed by atoms with Gasteiger partial charge in [-0.2, -0.15) is 0 Å². The number of H-pyrrole nitrogens is 2. The molecule has 2 N–H and O–H groups in total. The first-order valence-corrected chi connectivity index (χ1v) is 9.86. The summed E-state index contributed by atoms with van der Waals surface area (Å²) in [6, 6.07) is 5.72. The van der Waals surface area contributed by atoms with E-state index in [1.54, 1.807) is 18.4 Å². The maximum atomic E-state index is 12.5. The molecule has 4 aromatic rings. The zero-order valence-corrected chi connectivity index (χ0v) is 16.5. The Labute approximate surface area is 158 Å². The summed E-state index contributed by atoms with van der Waals surface area (Å²) in [5, 5.41) is 1.43. The molecule has 1 atom stereocenters. The molecule has 0 bridgehead atoms. The van der Waals surface area contributed by atoms with Gasteiger partial charge in [-0.25, -0.2) is 9.97 Å². The molecule has 0 aliphatic carbocycles. The number of thioether (sulfide) groups is 1. The minimum Gasteiger partial charge on any atom is -0.497 e. The smallest absolute Gasteiger partial charge is 0.259 e. The van der Waals surface area contributed by atoms with Crippen molar-refractivity contribution in [2.45, 2.75) is 31.2 Å². The predicted molar refractivity (Wildman–Crippen MR) is 107 cm³/mol. The Bertz CT molecular complexity index is 1180. The van der Waals surface area contributed by atoms with Crippen LogP contribution in [0.2, 0.25) is 0 Å². The Morgan fingerprint density at radius 3 is 2.81 bits per heavy atom. The molecule has 8 heteroatoms. The quantitative estimate of drug-likeness (QED) is 0.510. The van der Waals surface area contributed by atoms with Gasteiger partial charge in [-0.15, -0.1) is 11.3 Å². The largest absolute Gasteiger partial charge is 0.497 e. The van der Waals surface area contributed by atoms with Crippen molar-refractivity contribution in [3.63, 3.8) is 0 Å². The van der Waals surface area contributed by atoms with Crippen molar-refractivity contribution in [3.05, 3.63) is 44.8 Å². The third-order valence-electron chi connectivity index (χ3n) is 4.40. The number of aromatic amines is 2. The lowest BCUT2D eigenvalue weighted by atomic mass is 10.2. The number of rotatable bonds is 4. The van der Waals surface area contributed by atoms with Crippen LogP contribution < -0.4 is 10.3 Å². The van der Waals surface area contributed by atoms with Gasteiger partial charge in [-0.1, -0.05) is 11.8 Å². The normalized spacial score (nSPS) is 12.8. The molecule has 4 rings (SSSR count). The van der Waals surface area contributed by atoms with Crippen LogP contribution in [0.25, 0.3) is 21.3 Å². The Hall–Kier alpha value is -2.32. The van der Waals surface area contributed by atoms with Gasteiger partial charge in [0.2, 0.25) is 0 Å². The number of aryl methyl sites for hydroxylation is 2. The van der Waals surface area contributed by atoms with E-state index >= 15 is 0 Å². The first-order valence-electron chi connectivity index (χ1n) is 8.16. The molecule has 1 aromatic carbocycles. The fourth-order valence-corrected chi connectivity index (χ4v) is 4.75. The highest BCUT2D eigenvalue weighted by Crippen LogP contribution is 2.34. The van der Waals surface area contributed by atoms with Crippen LogP contribution in [0.4, 0.5) is 0 Å². The van der Waals surface area contributed by atoms with Gasteiger partial charge in [-0.3, -0.25) is 4.79 Å². The molecule has 0 aliphatic heterocycles. The molecule has 0 amide bonds. The highest BCUT2D eigenvalue weighted by molar-refractivity contribution is 7.99. The second-order valence-electron chi connectivity index (χ2n) is 6.10. The van der Waals surface area contributed by atoms with Gasteiger partial charge in [0, 0.05) is 10.9 Å². The maximum absolute atomic E-state index is 12.5. The van der Waals surface area contributed by atoms with Crippen LogP contribution in [0.1, 0.15) is 28.4 Å². The molecular formula is C18H18N4O2S2. The SMILES string of the molecule is COc1ccc2nc(SC(C)c3nc4sc(C)c(C)c4c(=O)[nH]3)[nH]c2c1. The summed E-state index contributed by atoms with van der Waals surface area (Å²) < 4.78 is 5.24. The monoisotopic (exact) mass is 386 g/mol. The summed E-state index contributed by atoms with van der Waals surface area (Å²) >= 11 is 3.09. The summed E-state index contributed by atoms with van der Waals surface area (Å²) in [5.74, 6) is 1.44. The number of aromatic nitrogens is 4. The van der Waals surface area contributed by atoms with E-state index in [4.69, 9.17) is 4.74 Å². The fourth-order valence-electron chi connectivity index (χ4n) is 2.84. The molecule has 0 aliphatic rings. The number of imidazole rings is 1. The predicted octanol–water partition coefficient (Wildman–Crippen LogP) is 4.34. The Kier molecular flexibility index (Phi) is 4.24. The molecule has 0 fully saturated rings.